The molecule has 0 saturated carbocycles. The van der Waals surface area contributed by atoms with E-state index in [1.54, 1.807) is 0 Å². The zero-order chi connectivity index (χ0) is 8.86. The summed E-state index contributed by atoms with van der Waals surface area (Å²) in [6.07, 6.45) is 14.8. The van der Waals surface area contributed by atoms with Crippen LogP contribution in [0.5, 0.6) is 0 Å². The number of hydrogen-bond acceptors (Lipinski definition) is 1. The Hall–Kier alpha value is -0.740. The number of terminal acetylenes is 1. The maximum absolute atomic E-state index is 10.00. The molecular weight excluding hydrogens is 148 g/mol. The SMILES string of the molecule is C#CC[C@@]1(O)CC/C=C/CCC1. The first kappa shape index (κ1) is 9.35. The predicted molar refractivity (Wildman–Crippen MR) is 50.6 cm³/mol. The third-order valence-electron chi connectivity index (χ3n) is 2.39. The third-order valence-corrected chi connectivity index (χ3v) is 2.39. The molecule has 0 aromatic carbocycles. The Morgan fingerprint density at radius 3 is 2.83 bits per heavy atom. The lowest BCUT2D eigenvalue weighted by Gasteiger charge is -2.26. The Kier molecular flexibility index (Phi) is 3.37. The molecule has 1 N–H and O–H groups in total. The fraction of sp³-hybridized carbons (Fsp3) is 0.636. The largest absolute Gasteiger partial charge is 0.389 e. The summed E-state index contributed by atoms with van der Waals surface area (Å²) >= 11 is 0. The van der Waals surface area contributed by atoms with Crippen molar-refractivity contribution in [1.82, 2.24) is 0 Å². The van der Waals surface area contributed by atoms with Gasteiger partial charge >= 0.3 is 0 Å². The van der Waals surface area contributed by atoms with Crippen molar-refractivity contribution in [3.63, 3.8) is 0 Å². The monoisotopic (exact) mass is 164 g/mol. The third kappa shape index (κ3) is 2.71. The molecule has 1 atom stereocenters. The van der Waals surface area contributed by atoms with Gasteiger partial charge in [-0.3, -0.25) is 0 Å². The van der Waals surface area contributed by atoms with Gasteiger partial charge in [0.25, 0.3) is 0 Å². The highest BCUT2D eigenvalue weighted by Crippen LogP contribution is 2.26. The predicted octanol–water partition coefficient (Wildman–Crippen LogP) is 2.26. The van der Waals surface area contributed by atoms with E-state index in [2.05, 4.69) is 18.1 Å². The summed E-state index contributed by atoms with van der Waals surface area (Å²) in [5, 5.41) is 10.00. The maximum Gasteiger partial charge on any atom is 0.0759 e. The Bertz CT molecular complexity index is 200. The second-order valence-electron chi connectivity index (χ2n) is 3.51. The molecule has 1 aliphatic carbocycles. The molecule has 1 nitrogen and oxygen atoms in total. The van der Waals surface area contributed by atoms with Gasteiger partial charge in [-0.25, -0.2) is 0 Å². The van der Waals surface area contributed by atoms with Crippen LogP contribution in [0.15, 0.2) is 12.2 Å². The van der Waals surface area contributed by atoms with E-state index < -0.39 is 5.60 Å². The molecule has 0 amide bonds. The van der Waals surface area contributed by atoms with Crippen molar-refractivity contribution in [3.8, 4) is 12.3 Å². The molecule has 0 aromatic rings. The lowest BCUT2D eigenvalue weighted by Crippen LogP contribution is -2.28. The molecule has 0 unspecified atom stereocenters. The van der Waals surface area contributed by atoms with Gasteiger partial charge in [-0.2, -0.15) is 0 Å². The van der Waals surface area contributed by atoms with E-state index in [1.165, 1.54) is 0 Å². The van der Waals surface area contributed by atoms with Crippen LogP contribution in [0.25, 0.3) is 0 Å². The Labute approximate surface area is 74.5 Å². The summed E-state index contributed by atoms with van der Waals surface area (Å²) < 4.78 is 0. The lowest BCUT2D eigenvalue weighted by atomic mass is 9.87. The van der Waals surface area contributed by atoms with E-state index in [9.17, 15) is 5.11 Å². The molecule has 66 valence electrons. The molecule has 0 saturated heterocycles. The van der Waals surface area contributed by atoms with Crippen molar-refractivity contribution < 1.29 is 5.11 Å². The van der Waals surface area contributed by atoms with Crippen LogP contribution in [-0.4, -0.2) is 10.7 Å². The Morgan fingerprint density at radius 2 is 2.08 bits per heavy atom. The first-order valence-corrected chi connectivity index (χ1v) is 4.58. The van der Waals surface area contributed by atoms with Gasteiger partial charge in [-0.05, 0) is 32.1 Å². The molecule has 1 rings (SSSR count). The number of rotatable bonds is 1. The van der Waals surface area contributed by atoms with Gasteiger partial charge in [0.1, 0.15) is 0 Å². The van der Waals surface area contributed by atoms with E-state index in [0.717, 1.165) is 32.1 Å². The van der Waals surface area contributed by atoms with Crippen LogP contribution in [0.2, 0.25) is 0 Å². The van der Waals surface area contributed by atoms with Crippen molar-refractivity contribution in [1.29, 1.82) is 0 Å². The summed E-state index contributed by atoms with van der Waals surface area (Å²) in [4.78, 5) is 0. The van der Waals surface area contributed by atoms with Crippen LogP contribution >= 0.6 is 0 Å². The zero-order valence-corrected chi connectivity index (χ0v) is 7.42. The summed E-state index contributed by atoms with van der Waals surface area (Å²) in [5.41, 5.74) is -0.584. The number of hydrogen-bond donors (Lipinski definition) is 1. The second kappa shape index (κ2) is 4.33. The molecule has 12 heavy (non-hydrogen) atoms. The Morgan fingerprint density at radius 1 is 1.33 bits per heavy atom. The summed E-state index contributed by atoms with van der Waals surface area (Å²) in [6, 6.07) is 0. The van der Waals surface area contributed by atoms with Gasteiger partial charge in [-0.15, -0.1) is 12.3 Å². The topological polar surface area (TPSA) is 20.2 Å². The van der Waals surface area contributed by atoms with Crippen molar-refractivity contribution in [3.05, 3.63) is 12.2 Å². The van der Waals surface area contributed by atoms with Gasteiger partial charge in [-0.1, -0.05) is 12.2 Å². The van der Waals surface area contributed by atoms with Crippen molar-refractivity contribution in [2.24, 2.45) is 0 Å². The van der Waals surface area contributed by atoms with E-state index >= 15 is 0 Å². The maximum atomic E-state index is 10.00. The van der Waals surface area contributed by atoms with Crippen LogP contribution in [0, 0.1) is 12.3 Å². The van der Waals surface area contributed by atoms with Crippen LogP contribution in [0.4, 0.5) is 0 Å². The van der Waals surface area contributed by atoms with Crippen LogP contribution in [0.3, 0.4) is 0 Å². The molecule has 1 heteroatoms. The lowest BCUT2D eigenvalue weighted by molar-refractivity contribution is 0.0261. The number of allylic oxidation sites excluding steroid dienone is 2. The summed E-state index contributed by atoms with van der Waals surface area (Å²) in [6.45, 7) is 0. The summed E-state index contributed by atoms with van der Waals surface area (Å²) in [5.74, 6) is 2.55. The van der Waals surface area contributed by atoms with E-state index in [-0.39, 0.29) is 0 Å². The number of aliphatic hydroxyl groups is 1. The van der Waals surface area contributed by atoms with Crippen LogP contribution < -0.4 is 0 Å². The molecule has 0 spiro atoms. The van der Waals surface area contributed by atoms with Gasteiger partial charge in [0.05, 0.1) is 5.60 Å². The van der Waals surface area contributed by atoms with Crippen molar-refractivity contribution in [2.75, 3.05) is 0 Å². The quantitative estimate of drug-likeness (QED) is 0.465. The normalized spacial score (nSPS) is 33.0. The van der Waals surface area contributed by atoms with Gasteiger partial charge in [0.15, 0.2) is 0 Å². The second-order valence-corrected chi connectivity index (χ2v) is 3.51. The van der Waals surface area contributed by atoms with Gasteiger partial charge in [0, 0.05) is 6.42 Å². The Balaban J connectivity index is 2.52. The standard InChI is InChI=1S/C11H16O/c1-2-8-11(12)9-6-4-3-5-7-10-11/h1,3-4,12H,5-10H2/b4-3+/t11-/m1/s1. The first-order valence-electron chi connectivity index (χ1n) is 4.58. The van der Waals surface area contributed by atoms with Gasteiger partial charge in [0.2, 0.25) is 0 Å². The molecule has 1 aliphatic rings. The van der Waals surface area contributed by atoms with Gasteiger partial charge < -0.3 is 5.11 Å². The molecule has 0 fully saturated rings. The van der Waals surface area contributed by atoms with E-state index in [4.69, 9.17) is 6.42 Å². The fourth-order valence-corrected chi connectivity index (χ4v) is 1.63. The minimum absolute atomic E-state index is 0.501. The molecule has 0 radical (unpaired) electrons. The average molecular weight is 164 g/mol. The average Bonchev–Trinajstić information content (AvgIpc) is 1.99. The van der Waals surface area contributed by atoms with Crippen molar-refractivity contribution >= 4 is 0 Å². The fourth-order valence-electron chi connectivity index (χ4n) is 1.63. The smallest absolute Gasteiger partial charge is 0.0759 e. The molecule has 0 bridgehead atoms. The first-order chi connectivity index (χ1) is 5.77. The molecule has 0 heterocycles. The zero-order valence-electron chi connectivity index (χ0n) is 7.42. The van der Waals surface area contributed by atoms with E-state index in [1.807, 2.05) is 0 Å². The highest BCUT2D eigenvalue weighted by atomic mass is 16.3. The van der Waals surface area contributed by atoms with Crippen molar-refractivity contribution in [2.45, 2.75) is 44.1 Å². The summed E-state index contributed by atoms with van der Waals surface area (Å²) in [7, 11) is 0. The van der Waals surface area contributed by atoms with Crippen LogP contribution in [0.1, 0.15) is 38.5 Å². The molecule has 0 aliphatic heterocycles. The van der Waals surface area contributed by atoms with Crippen LogP contribution in [-0.2, 0) is 0 Å². The van der Waals surface area contributed by atoms with E-state index in [0.29, 0.717) is 6.42 Å². The highest BCUT2D eigenvalue weighted by molar-refractivity contribution is 4.98. The molecular formula is C11H16O. The minimum Gasteiger partial charge on any atom is -0.389 e. The molecule has 0 aromatic heterocycles. The highest BCUT2D eigenvalue weighted by Gasteiger charge is 2.24. The minimum atomic E-state index is -0.584.